The molecule has 58 valence electrons. The van der Waals surface area contributed by atoms with Gasteiger partial charge in [-0.1, -0.05) is 0 Å². The van der Waals surface area contributed by atoms with Gasteiger partial charge in [-0.15, -0.1) is 0 Å². The first-order valence-electron chi connectivity index (χ1n) is 3.45. The molecular formula is C6H17O2P. The number of hydrogen-bond donors (Lipinski definition) is 2. The van der Waals surface area contributed by atoms with Gasteiger partial charge in [0.05, 0.1) is 0 Å². The molecular weight excluding hydrogens is 135 g/mol. The van der Waals surface area contributed by atoms with Gasteiger partial charge in [0.15, 0.2) is 0 Å². The van der Waals surface area contributed by atoms with Crippen molar-refractivity contribution < 1.29 is 9.79 Å². The number of hydrogen-bond acceptors (Lipinski definition) is 2. The molecule has 0 aliphatic carbocycles. The Morgan fingerprint density at radius 3 is 1.89 bits per heavy atom. The van der Waals surface area contributed by atoms with Crippen LogP contribution in [0.25, 0.3) is 0 Å². The molecule has 0 fully saturated rings. The van der Waals surface area contributed by atoms with Gasteiger partial charge in [0.2, 0.25) is 0 Å². The van der Waals surface area contributed by atoms with Crippen molar-refractivity contribution in [3.8, 4) is 0 Å². The second-order valence-electron chi connectivity index (χ2n) is 2.78. The van der Waals surface area contributed by atoms with Crippen molar-refractivity contribution in [3.05, 3.63) is 0 Å². The summed E-state index contributed by atoms with van der Waals surface area (Å²) in [6.45, 7) is 5.69. The molecule has 0 aromatic heterocycles. The maximum absolute atomic E-state index is 9.29. The summed E-state index contributed by atoms with van der Waals surface area (Å²) in [6, 6.07) is 0. The molecule has 3 heteroatoms. The molecule has 2 nitrogen and oxygen atoms in total. The molecule has 0 aromatic carbocycles. The summed E-state index contributed by atoms with van der Waals surface area (Å²) in [5.41, 5.74) is 0.0671. The van der Waals surface area contributed by atoms with Crippen LogP contribution >= 0.6 is 7.72 Å². The summed E-state index contributed by atoms with van der Waals surface area (Å²) < 4.78 is 0. The van der Waals surface area contributed by atoms with Crippen LogP contribution in [0, 0.1) is 0 Å². The molecule has 0 atom stereocenters. The first-order chi connectivity index (χ1) is 4.00. The van der Waals surface area contributed by atoms with E-state index in [4.69, 9.17) is 0 Å². The molecule has 0 heterocycles. The zero-order valence-corrected chi connectivity index (χ0v) is 7.39. The topological polar surface area (TPSA) is 40.5 Å². The van der Waals surface area contributed by atoms with Gasteiger partial charge in [-0.2, -0.15) is 0 Å². The Balaban J connectivity index is 3.70. The Morgan fingerprint density at radius 1 is 1.33 bits per heavy atom. The molecule has 0 aliphatic rings. The third-order valence-electron chi connectivity index (χ3n) is 1.54. The van der Waals surface area contributed by atoms with Crippen LogP contribution in [0.3, 0.4) is 0 Å². The molecule has 0 radical (unpaired) electrons. The van der Waals surface area contributed by atoms with Crippen molar-refractivity contribution in [2.75, 3.05) is 6.16 Å². The second kappa shape index (κ2) is 3.50. The van der Waals surface area contributed by atoms with Crippen molar-refractivity contribution in [2.24, 2.45) is 0 Å². The van der Waals surface area contributed by atoms with Crippen LogP contribution in [-0.4, -0.2) is 21.6 Å². The third kappa shape index (κ3) is 3.14. The van der Waals surface area contributed by atoms with Crippen LogP contribution in [0.1, 0.15) is 27.2 Å². The Bertz CT molecular complexity index is 81.1. The van der Waals surface area contributed by atoms with E-state index in [1.165, 1.54) is 0 Å². The fourth-order valence-electron chi connectivity index (χ4n) is 0.657. The fourth-order valence-corrected chi connectivity index (χ4v) is 1.97. The molecule has 9 heavy (non-hydrogen) atoms. The van der Waals surface area contributed by atoms with Crippen LogP contribution in [0.5, 0.6) is 0 Å². The van der Waals surface area contributed by atoms with Gasteiger partial charge in [0.25, 0.3) is 0 Å². The van der Waals surface area contributed by atoms with Crippen LogP contribution in [0.15, 0.2) is 0 Å². The van der Waals surface area contributed by atoms with Crippen LogP contribution < -0.4 is 0 Å². The molecule has 0 amide bonds. The molecule has 0 bridgehead atoms. The van der Waals surface area contributed by atoms with E-state index in [1.807, 2.05) is 20.8 Å². The predicted octanol–water partition coefficient (Wildman–Crippen LogP) is 1.37. The van der Waals surface area contributed by atoms with E-state index >= 15 is 0 Å². The quantitative estimate of drug-likeness (QED) is 0.599. The monoisotopic (exact) mass is 152 g/mol. The van der Waals surface area contributed by atoms with Crippen LogP contribution in [-0.2, 0) is 0 Å². The first-order valence-corrected chi connectivity index (χ1v) is 5.63. The second-order valence-corrected chi connectivity index (χ2v) is 6.20. The Kier molecular flexibility index (Phi) is 3.64. The molecule has 0 spiro atoms. The average Bonchev–Trinajstić information content (AvgIpc) is 1.65. The van der Waals surface area contributed by atoms with E-state index in [0.29, 0.717) is 6.16 Å². The summed E-state index contributed by atoms with van der Waals surface area (Å²) >= 11 is 0. The van der Waals surface area contributed by atoms with Gasteiger partial charge in [0, 0.05) is 0 Å². The number of rotatable bonds is 3. The summed E-state index contributed by atoms with van der Waals surface area (Å²) in [6.07, 6.45) is 1.47. The van der Waals surface area contributed by atoms with Gasteiger partial charge in [-0.05, 0) is 0 Å². The fraction of sp³-hybridized carbons (Fsp3) is 1.00. The summed E-state index contributed by atoms with van der Waals surface area (Å²) in [4.78, 5) is 18.6. The zero-order chi connectivity index (χ0) is 7.49. The average molecular weight is 152 g/mol. The van der Waals surface area contributed by atoms with Gasteiger partial charge in [0.1, 0.15) is 0 Å². The minimum atomic E-state index is -2.78. The Morgan fingerprint density at radius 2 is 1.78 bits per heavy atom. The van der Waals surface area contributed by atoms with Gasteiger partial charge < -0.3 is 0 Å². The SMILES string of the molecule is CCC[PH](O)(O)C(C)C. The maximum atomic E-state index is 9.29. The Labute approximate surface area is 57.4 Å². The molecule has 2 N–H and O–H groups in total. The van der Waals surface area contributed by atoms with Crippen molar-refractivity contribution >= 4 is 7.72 Å². The van der Waals surface area contributed by atoms with Crippen molar-refractivity contribution in [3.63, 3.8) is 0 Å². The zero-order valence-electron chi connectivity index (χ0n) is 6.39. The van der Waals surface area contributed by atoms with Crippen LogP contribution in [0.2, 0.25) is 0 Å². The van der Waals surface area contributed by atoms with E-state index < -0.39 is 7.72 Å². The van der Waals surface area contributed by atoms with Gasteiger partial charge in [-0.25, -0.2) is 0 Å². The van der Waals surface area contributed by atoms with E-state index in [-0.39, 0.29) is 5.66 Å². The van der Waals surface area contributed by atoms with Crippen molar-refractivity contribution in [1.82, 2.24) is 0 Å². The van der Waals surface area contributed by atoms with Crippen LogP contribution in [0.4, 0.5) is 0 Å². The molecule has 0 saturated heterocycles. The van der Waals surface area contributed by atoms with E-state index in [0.717, 1.165) is 6.42 Å². The minimum absolute atomic E-state index is 0.0671. The predicted molar refractivity (Wildman–Crippen MR) is 43.0 cm³/mol. The van der Waals surface area contributed by atoms with Crippen molar-refractivity contribution in [1.29, 1.82) is 0 Å². The summed E-state index contributed by atoms with van der Waals surface area (Å²) in [7, 11) is -2.78. The van der Waals surface area contributed by atoms with E-state index in [1.54, 1.807) is 0 Å². The van der Waals surface area contributed by atoms with Gasteiger partial charge in [-0.3, -0.25) is 0 Å². The summed E-state index contributed by atoms with van der Waals surface area (Å²) in [5.74, 6) is 0. The third-order valence-corrected chi connectivity index (χ3v) is 4.63. The first kappa shape index (κ1) is 9.35. The van der Waals surface area contributed by atoms with Gasteiger partial charge >= 0.3 is 56.5 Å². The van der Waals surface area contributed by atoms with E-state index in [2.05, 4.69) is 0 Å². The molecule has 0 saturated carbocycles. The molecule has 0 aromatic rings. The van der Waals surface area contributed by atoms with E-state index in [9.17, 15) is 9.79 Å². The summed E-state index contributed by atoms with van der Waals surface area (Å²) in [5, 5.41) is 0. The molecule has 0 rings (SSSR count). The standard InChI is InChI=1S/C6H17O2P/c1-4-5-9(7,8)6(2)3/h6-9H,4-5H2,1-3H3. The van der Waals surface area contributed by atoms with Crippen molar-refractivity contribution in [2.45, 2.75) is 32.9 Å². The Hall–Kier alpha value is 0.350. The molecule has 0 unspecified atom stereocenters. The normalized spacial score (nSPS) is 14.4. The molecule has 0 aliphatic heterocycles.